The first-order valence-corrected chi connectivity index (χ1v) is 8.53. The second kappa shape index (κ2) is 7.58. The second-order valence-corrected chi connectivity index (χ2v) is 6.61. The summed E-state index contributed by atoms with van der Waals surface area (Å²) in [6, 6.07) is 0. The first-order chi connectivity index (χ1) is 9.69. The van der Waals surface area contributed by atoms with Crippen LogP contribution in [-0.4, -0.2) is 45.1 Å². The Morgan fingerprint density at radius 3 is 3.00 bits per heavy atom. The number of nitrogens with zero attached hydrogens (tertiary/aromatic N) is 3. The Morgan fingerprint density at radius 1 is 1.45 bits per heavy atom. The molecule has 8 heteroatoms. The lowest BCUT2D eigenvalue weighted by Crippen LogP contribution is -2.27. The second-order valence-electron chi connectivity index (χ2n) is 4.50. The zero-order valence-electron chi connectivity index (χ0n) is 11.4. The van der Waals surface area contributed by atoms with Crippen molar-refractivity contribution in [2.45, 2.75) is 32.6 Å². The molecule has 0 radical (unpaired) electrons. The molecular weight excluding hydrogens is 296 g/mol. The van der Waals surface area contributed by atoms with Crippen LogP contribution in [0.15, 0.2) is 0 Å². The zero-order valence-corrected chi connectivity index (χ0v) is 13.1. The minimum atomic E-state index is -0.118. The molecule has 1 saturated heterocycles. The van der Waals surface area contributed by atoms with Crippen molar-refractivity contribution in [3.8, 4) is 0 Å². The maximum absolute atomic E-state index is 11.8. The standard InChI is InChI=1S/C12H18N4O2S2/c1-2-3-4-10-14-15-11(20-10)13-9(17)5-6-16-7-8-19-12(16)18/h2-8H2,1H3,(H,13,15,17). The van der Waals surface area contributed by atoms with Gasteiger partial charge in [-0.1, -0.05) is 36.4 Å². The van der Waals surface area contributed by atoms with Gasteiger partial charge in [-0.15, -0.1) is 10.2 Å². The quantitative estimate of drug-likeness (QED) is 0.836. The van der Waals surface area contributed by atoms with Gasteiger partial charge >= 0.3 is 0 Å². The summed E-state index contributed by atoms with van der Waals surface area (Å²) in [7, 11) is 0. The Hall–Kier alpha value is -1.15. The summed E-state index contributed by atoms with van der Waals surface area (Å²) in [6.45, 7) is 3.33. The number of aromatic nitrogens is 2. The Labute approximate surface area is 126 Å². The number of aryl methyl sites for hydroxylation is 1. The SMILES string of the molecule is CCCCc1nnc(NC(=O)CCN2CCSC2=O)s1. The molecule has 1 aliphatic rings. The molecule has 0 spiro atoms. The Balaban J connectivity index is 1.73. The third kappa shape index (κ3) is 4.45. The molecule has 6 nitrogen and oxygen atoms in total. The maximum atomic E-state index is 11.8. The van der Waals surface area contributed by atoms with E-state index in [1.165, 1.54) is 23.1 Å². The number of rotatable bonds is 7. The Kier molecular flexibility index (Phi) is 5.78. The summed E-state index contributed by atoms with van der Waals surface area (Å²) in [5.41, 5.74) is 0. The van der Waals surface area contributed by atoms with Gasteiger partial charge < -0.3 is 10.2 Å². The van der Waals surface area contributed by atoms with E-state index in [4.69, 9.17) is 0 Å². The summed E-state index contributed by atoms with van der Waals surface area (Å²) in [6.07, 6.45) is 3.40. The van der Waals surface area contributed by atoms with Gasteiger partial charge in [0.1, 0.15) is 5.01 Å². The van der Waals surface area contributed by atoms with Crippen molar-refractivity contribution in [1.82, 2.24) is 15.1 Å². The zero-order chi connectivity index (χ0) is 14.4. The van der Waals surface area contributed by atoms with Gasteiger partial charge in [0.15, 0.2) is 0 Å². The molecule has 0 saturated carbocycles. The molecule has 2 rings (SSSR count). The van der Waals surface area contributed by atoms with Crippen LogP contribution in [0.5, 0.6) is 0 Å². The average molecular weight is 314 g/mol. The van der Waals surface area contributed by atoms with Gasteiger partial charge in [-0.25, -0.2) is 0 Å². The highest BCUT2D eigenvalue weighted by molar-refractivity contribution is 8.13. The first kappa shape index (κ1) is 15.2. The number of hydrogen-bond acceptors (Lipinski definition) is 6. The van der Waals surface area contributed by atoms with Crippen molar-refractivity contribution < 1.29 is 9.59 Å². The summed E-state index contributed by atoms with van der Waals surface area (Å²) in [4.78, 5) is 24.9. The van der Waals surface area contributed by atoms with Crippen LogP contribution >= 0.6 is 23.1 Å². The van der Waals surface area contributed by atoms with Crippen LogP contribution in [0.2, 0.25) is 0 Å². The van der Waals surface area contributed by atoms with Gasteiger partial charge in [-0.05, 0) is 6.42 Å². The molecule has 1 N–H and O–H groups in total. The maximum Gasteiger partial charge on any atom is 0.281 e. The molecule has 0 aromatic carbocycles. The van der Waals surface area contributed by atoms with E-state index in [0.29, 0.717) is 18.1 Å². The van der Waals surface area contributed by atoms with Crippen LogP contribution in [-0.2, 0) is 11.2 Å². The lowest BCUT2D eigenvalue weighted by molar-refractivity contribution is -0.116. The number of carbonyl (C=O) groups is 2. The number of anilines is 1. The molecule has 20 heavy (non-hydrogen) atoms. The third-order valence-corrected chi connectivity index (χ3v) is 4.70. The molecule has 0 atom stereocenters. The molecule has 2 heterocycles. The predicted molar refractivity (Wildman–Crippen MR) is 81.2 cm³/mol. The normalized spacial score (nSPS) is 14.8. The van der Waals surface area contributed by atoms with Crippen molar-refractivity contribution in [1.29, 1.82) is 0 Å². The molecule has 2 amide bonds. The van der Waals surface area contributed by atoms with Crippen LogP contribution < -0.4 is 5.32 Å². The third-order valence-electron chi connectivity index (χ3n) is 2.91. The van der Waals surface area contributed by atoms with E-state index in [9.17, 15) is 9.59 Å². The van der Waals surface area contributed by atoms with Crippen molar-refractivity contribution in [2.24, 2.45) is 0 Å². The molecule has 1 fully saturated rings. The van der Waals surface area contributed by atoms with Crippen LogP contribution in [0, 0.1) is 0 Å². The van der Waals surface area contributed by atoms with Gasteiger partial charge in [0, 0.05) is 31.7 Å². The van der Waals surface area contributed by atoms with E-state index in [2.05, 4.69) is 22.4 Å². The average Bonchev–Trinajstić information content (AvgIpc) is 3.03. The number of unbranched alkanes of at least 4 members (excludes halogenated alkanes) is 1. The van der Waals surface area contributed by atoms with Gasteiger partial charge in [0.2, 0.25) is 11.0 Å². The number of thioether (sulfide) groups is 1. The van der Waals surface area contributed by atoms with Crippen molar-refractivity contribution >= 4 is 39.4 Å². The fourth-order valence-corrected chi connectivity index (χ4v) is 3.43. The van der Waals surface area contributed by atoms with E-state index in [0.717, 1.165) is 36.6 Å². The summed E-state index contributed by atoms with van der Waals surface area (Å²) in [5.74, 6) is 0.699. The molecule has 110 valence electrons. The van der Waals surface area contributed by atoms with Crippen molar-refractivity contribution in [2.75, 3.05) is 24.2 Å². The lowest BCUT2D eigenvalue weighted by atomic mass is 10.3. The van der Waals surface area contributed by atoms with Crippen LogP contribution in [0.3, 0.4) is 0 Å². The summed E-state index contributed by atoms with van der Waals surface area (Å²) < 4.78 is 0. The Morgan fingerprint density at radius 2 is 2.30 bits per heavy atom. The smallest absolute Gasteiger partial charge is 0.281 e. The minimum absolute atomic E-state index is 0.0653. The van der Waals surface area contributed by atoms with Crippen LogP contribution in [0.25, 0.3) is 0 Å². The molecule has 1 aromatic heterocycles. The van der Waals surface area contributed by atoms with E-state index < -0.39 is 0 Å². The molecule has 0 aliphatic carbocycles. The van der Waals surface area contributed by atoms with Crippen LogP contribution in [0.1, 0.15) is 31.2 Å². The first-order valence-electron chi connectivity index (χ1n) is 6.73. The van der Waals surface area contributed by atoms with Gasteiger partial charge in [0.05, 0.1) is 0 Å². The summed E-state index contributed by atoms with van der Waals surface area (Å²) in [5, 5.41) is 12.3. The van der Waals surface area contributed by atoms with Crippen molar-refractivity contribution in [3.63, 3.8) is 0 Å². The largest absolute Gasteiger partial charge is 0.332 e. The van der Waals surface area contributed by atoms with E-state index in [1.807, 2.05) is 0 Å². The molecule has 0 unspecified atom stereocenters. The fraction of sp³-hybridized carbons (Fsp3) is 0.667. The van der Waals surface area contributed by atoms with E-state index in [-0.39, 0.29) is 11.1 Å². The van der Waals surface area contributed by atoms with Gasteiger partial charge in [-0.3, -0.25) is 9.59 Å². The number of carbonyl (C=O) groups excluding carboxylic acids is 2. The highest BCUT2D eigenvalue weighted by atomic mass is 32.2. The van der Waals surface area contributed by atoms with E-state index in [1.54, 1.807) is 4.90 Å². The summed E-state index contributed by atoms with van der Waals surface area (Å²) >= 11 is 2.73. The molecule has 1 aromatic rings. The predicted octanol–water partition coefficient (Wildman–Crippen LogP) is 2.38. The monoisotopic (exact) mass is 314 g/mol. The highest BCUT2D eigenvalue weighted by Crippen LogP contribution is 2.19. The highest BCUT2D eigenvalue weighted by Gasteiger charge is 2.21. The minimum Gasteiger partial charge on any atom is -0.332 e. The topological polar surface area (TPSA) is 75.2 Å². The number of hydrogen-bond donors (Lipinski definition) is 1. The molecular formula is C12H18N4O2S2. The number of nitrogens with one attached hydrogen (secondary N) is 1. The van der Waals surface area contributed by atoms with Gasteiger partial charge in [-0.2, -0.15) is 0 Å². The molecule has 0 bridgehead atoms. The van der Waals surface area contributed by atoms with Gasteiger partial charge in [0.25, 0.3) is 5.24 Å². The van der Waals surface area contributed by atoms with E-state index >= 15 is 0 Å². The lowest BCUT2D eigenvalue weighted by Gasteiger charge is -2.13. The van der Waals surface area contributed by atoms with Crippen LogP contribution in [0.4, 0.5) is 9.93 Å². The Bertz CT molecular complexity index is 478. The molecule has 1 aliphatic heterocycles. The fourth-order valence-electron chi connectivity index (χ4n) is 1.78. The number of amides is 2. The van der Waals surface area contributed by atoms with Crippen molar-refractivity contribution in [3.05, 3.63) is 5.01 Å².